The summed E-state index contributed by atoms with van der Waals surface area (Å²) in [4.78, 5) is 22.3. The summed E-state index contributed by atoms with van der Waals surface area (Å²) < 4.78 is 0. The minimum Gasteiger partial charge on any atom is -0.481 e. The van der Waals surface area contributed by atoms with E-state index in [2.05, 4.69) is 10.6 Å². The van der Waals surface area contributed by atoms with Crippen molar-refractivity contribution in [2.75, 3.05) is 11.9 Å². The van der Waals surface area contributed by atoms with E-state index in [1.165, 1.54) is 0 Å². The van der Waals surface area contributed by atoms with E-state index in [1.54, 1.807) is 0 Å². The van der Waals surface area contributed by atoms with Gasteiger partial charge in [-0.3, -0.25) is 9.59 Å². The minimum atomic E-state index is -0.874. The van der Waals surface area contributed by atoms with Gasteiger partial charge in [-0.05, 0) is 25.0 Å². The molecule has 0 fully saturated rings. The summed E-state index contributed by atoms with van der Waals surface area (Å²) in [6.07, 6.45) is 0.00393. The zero-order chi connectivity index (χ0) is 13.3. The first-order valence-electron chi connectivity index (χ1n) is 5.87. The highest BCUT2D eigenvalue weighted by atomic mass is 16.4. The summed E-state index contributed by atoms with van der Waals surface area (Å²) in [6, 6.07) is 3.44. The fourth-order valence-electron chi connectivity index (χ4n) is 2.11. The van der Waals surface area contributed by atoms with Gasteiger partial charge in [0.1, 0.15) is 6.04 Å². The van der Waals surface area contributed by atoms with Crippen LogP contribution in [0.25, 0.3) is 0 Å². The molecule has 0 bridgehead atoms. The third kappa shape index (κ3) is 2.22. The number of carboxylic acid groups (broad SMARTS) is 1. The van der Waals surface area contributed by atoms with Crippen LogP contribution in [0.3, 0.4) is 0 Å². The molecule has 1 aromatic rings. The highest BCUT2D eigenvalue weighted by Crippen LogP contribution is 2.34. The van der Waals surface area contributed by atoms with E-state index in [0.717, 1.165) is 22.4 Å². The molecule has 5 nitrogen and oxygen atoms in total. The number of carboxylic acids is 1. The first-order valence-corrected chi connectivity index (χ1v) is 5.87. The van der Waals surface area contributed by atoms with Gasteiger partial charge in [-0.2, -0.15) is 0 Å². The number of hydrogen-bond donors (Lipinski definition) is 3. The molecular weight excluding hydrogens is 232 g/mol. The van der Waals surface area contributed by atoms with Gasteiger partial charge in [0.2, 0.25) is 5.91 Å². The molecule has 2 rings (SSSR count). The lowest BCUT2D eigenvalue weighted by molar-refractivity contribution is -0.137. The van der Waals surface area contributed by atoms with Crippen LogP contribution >= 0.6 is 0 Å². The van der Waals surface area contributed by atoms with E-state index in [0.29, 0.717) is 0 Å². The maximum absolute atomic E-state index is 11.8. The van der Waals surface area contributed by atoms with Gasteiger partial charge in [0.15, 0.2) is 0 Å². The van der Waals surface area contributed by atoms with Crippen LogP contribution in [0.2, 0.25) is 0 Å². The Hall–Kier alpha value is -1.88. The number of carbonyl (C=O) groups excluding carboxylic acids is 1. The molecule has 18 heavy (non-hydrogen) atoms. The Morgan fingerprint density at radius 3 is 2.83 bits per heavy atom. The molecule has 0 aliphatic carbocycles. The molecule has 0 radical (unpaired) electrons. The highest BCUT2D eigenvalue weighted by molar-refractivity contribution is 6.03. The molecule has 0 saturated carbocycles. The Morgan fingerprint density at radius 1 is 1.44 bits per heavy atom. The molecule has 1 aliphatic rings. The number of anilines is 1. The predicted molar refractivity (Wildman–Crippen MR) is 67.5 cm³/mol. The molecule has 96 valence electrons. The van der Waals surface area contributed by atoms with Crippen LogP contribution in [0, 0.1) is 13.8 Å². The van der Waals surface area contributed by atoms with Crippen molar-refractivity contribution >= 4 is 17.6 Å². The van der Waals surface area contributed by atoms with Crippen molar-refractivity contribution in [3.05, 3.63) is 28.8 Å². The van der Waals surface area contributed by atoms with Crippen molar-refractivity contribution in [1.82, 2.24) is 5.32 Å². The quantitative estimate of drug-likeness (QED) is 0.751. The number of rotatable bonds is 4. The zero-order valence-electron chi connectivity index (χ0n) is 10.4. The lowest BCUT2D eigenvalue weighted by Gasteiger charge is -2.11. The number of amides is 1. The normalized spacial score (nSPS) is 17.4. The number of aliphatic carboxylic acids is 1. The van der Waals surface area contributed by atoms with E-state index in [1.807, 2.05) is 26.0 Å². The number of carbonyl (C=O) groups is 2. The number of benzene rings is 1. The molecule has 3 N–H and O–H groups in total. The van der Waals surface area contributed by atoms with Crippen molar-refractivity contribution < 1.29 is 14.7 Å². The van der Waals surface area contributed by atoms with Crippen molar-refractivity contribution in [3.8, 4) is 0 Å². The first-order chi connectivity index (χ1) is 8.50. The molecule has 5 heteroatoms. The van der Waals surface area contributed by atoms with Gasteiger partial charge in [-0.15, -0.1) is 0 Å². The SMILES string of the molecule is Cc1ccc2c(c1C)NC(=O)C2NCCC(=O)O. The maximum atomic E-state index is 11.8. The summed E-state index contributed by atoms with van der Waals surface area (Å²) in [5.74, 6) is -0.995. The lowest BCUT2D eigenvalue weighted by Crippen LogP contribution is -2.29. The standard InChI is InChI=1S/C13H16N2O3/c1-7-3-4-9-11(8(7)2)15-13(18)12(9)14-6-5-10(16)17/h3-4,12,14H,5-6H2,1-2H3,(H,15,18)(H,16,17). The van der Waals surface area contributed by atoms with Crippen LogP contribution in [-0.4, -0.2) is 23.5 Å². The molecular formula is C13H16N2O3. The predicted octanol–water partition coefficient (Wildman–Crippen LogP) is 1.36. The Balaban J connectivity index is 2.18. The van der Waals surface area contributed by atoms with Gasteiger partial charge in [0.05, 0.1) is 6.42 Å². The zero-order valence-corrected chi connectivity index (χ0v) is 10.4. The van der Waals surface area contributed by atoms with Crippen LogP contribution in [0.4, 0.5) is 5.69 Å². The molecule has 1 atom stereocenters. The molecule has 1 amide bonds. The van der Waals surface area contributed by atoms with E-state index in [9.17, 15) is 9.59 Å². The van der Waals surface area contributed by atoms with Crippen molar-refractivity contribution in [2.45, 2.75) is 26.3 Å². The molecule has 1 unspecified atom stereocenters. The molecule has 0 aromatic heterocycles. The first kappa shape index (κ1) is 12.6. The Kier molecular flexibility index (Phi) is 3.34. The fourth-order valence-corrected chi connectivity index (χ4v) is 2.11. The highest BCUT2D eigenvalue weighted by Gasteiger charge is 2.31. The number of fused-ring (bicyclic) bond motifs is 1. The van der Waals surface area contributed by atoms with Gasteiger partial charge in [0, 0.05) is 17.8 Å². The van der Waals surface area contributed by atoms with Crippen molar-refractivity contribution in [1.29, 1.82) is 0 Å². The maximum Gasteiger partial charge on any atom is 0.304 e. The number of hydrogen-bond acceptors (Lipinski definition) is 3. The lowest BCUT2D eigenvalue weighted by atomic mass is 10.0. The monoisotopic (exact) mass is 248 g/mol. The molecule has 0 saturated heterocycles. The van der Waals surface area contributed by atoms with Gasteiger partial charge < -0.3 is 15.7 Å². The van der Waals surface area contributed by atoms with Crippen LogP contribution in [0.1, 0.15) is 29.2 Å². The van der Waals surface area contributed by atoms with Crippen LogP contribution < -0.4 is 10.6 Å². The van der Waals surface area contributed by atoms with Crippen molar-refractivity contribution in [3.63, 3.8) is 0 Å². The third-order valence-electron chi connectivity index (χ3n) is 3.28. The smallest absolute Gasteiger partial charge is 0.304 e. The van der Waals surface area contributed by atoms with E-state index in [-0.39, 0.29) is 18.9 Å². The van der Waals surface area contributed by atoms with Crippen LogP contribution in [-0.2, 0) is 9.59 Å². The van der Waals surface area contributed by atoms with Crippen LogP contribution in [0.15, 0.2) is 12.1 Å². The van der Waals surface area contributed by atoms with Crippen molar-refractivity contribution in [2.24, 2.45) is 0 Å². The van der Waals surface area contributed by atoms with E-state index in [4.69, 9.17) is 5.11 Å². The molecule has 1 aromatic carbocycles. The summed E-state index contributed by atoms with van der Waals surface area (Å²) in [5, 5.41) is 14.4. The van der Waals surface area contributed by atoms with Gasteiger partial charge >= 0.3 is 5.97 Å². The average molecular weight is 248 g/mol. The summed E-state index contributed by atoms with van der Waals surface area (Å²) >= 11 is 0. The van der Waals surface area contributed by atoms with E-state index < -0.39 is 12.0 Å². The number of aryl methyl sites for hydroxylation is 1. The largest absolute Gasteiger partial charge is 0.481 e. The fraction of sp³-hybridized carbons (Fsp3) is 0.385. The Bertz CT molecular complexity index is 511. The topological polar surface area (TPSA) is 78.4 Å². The van der Waals surface area contributed by atoms with Crippen LogP contribution in [0.5, 0.6) is 0 Å². The Labute approximate surface area is 105 Å². The molecule has 0 spiro atoms. The third-order valence-corrected chi connectivity index (χ3v) is 3.28. The molecule has 1 aliphatic heterocycles. The van der Waals surface area contributed by atoms with Gasteiger partial charge in [-0.25, -0.2) is 0 Å². The average Bonchev–Trinajstić information content (AvgIpc) is 2.62. The molecule has 1 heterocycles. The van der Waals surface area contributed by atoms with E-state index >= 15 is 0 Å². The summed E-state index contributed by atoms with van der Waals surface area (Å²) in [7, 11) is 0. The summed E-state index contributed by atoms with van der Waals surface area (Å²) in [5.41, 5.74) is 3.94. The second-order valence-corrected chi connectivity index (χ2v) is 4.49. The second-order valence-electron chi connectivity index (χ2n) is 4.49. The summed E-state index contributed by atoms with van der Waals surface area (Å²) in [6.45, 7) is 4.24. The van der Waals surface area contributed by atoms with Gasteiger partial charge in [0.25, 0.3) is 0 Å². The van der Waals surface area contributed by atoms with Gasteiger partial charge in [-0.1, -0.05) is 12.1 Å². The number of nitrogens with one attached hydrogen (secondary N) is 2. The second kappa shape index (κ2) is 4.78. The minimum absolute atomic E-state index is 0.00393. The Morgan fingerprint density at radius 2 is 2.17 bits per heavy atom.